The fraction of sp³-hybridized carbons (Fsp3) is 0.889. The second-order valence-electron chi connectivity index (χ2n) is 3.29. The van der Waals surface area contributed by atoms with E-state index in [4.69, 9.17) is 4.74 Å². The highest BCUT2D eigenvalue weighted by atomic mass is 16.5. The van der Waals surface area contributed by atoms with Crippen molar-refractivity contribution in [3.8, 4) is 0 Å². The molecule has 3 heteroatoms. The van der Waals surface area contributed by atoms with Gasteiger partial charge in [0.2, 0.25) is 0 Å². The lowest BCUT2D eigenvalue weighted by Gasteiger charge is -2.09. The van der Waals surface area contributed by atoms with Crippen molar-refractivity contribution in [2.75, 3.05) is 13.7 Å². The molecule has 3 nitrogen and oxygen atoms in total. The Balaban J connectivity index is 2.30. The first kappa shape index (κ1) is 9.52. The molecule has 1 fully saturated rings. The Hall–Kier alpha value is -0.570. The van der Waals surface area contributed by atoms with Gasteiger partial charge in [-0.3, -0.25) is 4.79 Å². The first-order chi connectivity index (χ1) is 5.77. The van der Waals surface area contributed by atoms with Crippen molar-refractivity contribution in [2.45, 2.75) is 32.2 Å². The Labute approximate surface area is 73.5 Å². The average Bonchev–Trinajstić information content (AvgIpc) is 2.52. The topological polar surface area (TPSA) is 38.3 Å². The maximum atomic E-state index is 11.1. The molecule has 0 amide bonds. The van der Waals surface area contributed by atoms with Crippen molar-refractivity contribution in [3.05, 3.63) is 0 Å². The van der Waals surface area contributed by atoms with E-state index in [1.165, 1.54) is 7.11 Å². The summed E-state index contributed by atoms with van der Waals surface area (Å²) in [6.07, 6.45) is 3.03. The summed E-state index contributed by atoms with van der Waals surface area (Å²) in [6.45, 7) is 3.07. The SMILES string of the molecule is CCN[C@H]1CC[C@H](C(=O)OC)C1. The normalized spacial score (nSPS) is 28.8. The van der Waals surface area contributed by atoms with Gasteiger partial charge in [-0.25, -0.2) is 0 Å². The number of esters is 1. The van der Waals surface area contributed by atoms with Crippen LogP contribution in [0.15, 0.2) is 0 Å². The molecule has 0 bridgehead atoms. The van der Waals surface area contributed by atoms with Crippen LogP contribution in [0.1, 0.15) is 26.2 Å². The molecule has 1 aliphatic carbocycles. The molecule has 0 saturated heterocycles. The predicted octanol–water partition coefficient (Wildman–Crippen LogP) is 0.938. The van der Waals surface area contributed by atoms with Crippen molar-refractivity contribution >= 4 is 5.97 Å². The predicted molar refractivity (Wildman–Crippen MR) is 46.8 cm³/mol. The highest BCUT2D eigenvalue weighted by molar-refractivity contribution is 5.72. The Kier molecular flexibility index (Phi) is 3.53. The standard InChI is InChI=1S/C9H17NO2/c1-3-10-8-5-4-7(6-8)9(11)12-2/h7-8,10H,3-6H2,1-2H3/t7-,8-/m0/s1. The van der Waals surface area contributed by atoms with Crippen LogP contribution in [0.5, 0.6) is 0 Å². The van der Waals surface area contributed by atoms with Crippen molar-refractivity contribution in [1.82, 2.24) is 5.32 Å². The lowest BCUT2D eigenvalue weighted by atomic mass is 10.1. The van der Waals surface area contributed by atoms with Crippen molar-refractivity contribution in [1.29, 1.82) is 0 Å². The van der Waals surface area contributed by atoms with E-state index >= 15 is 0 Å². The van der Waals surface area contributed by atoms with Crippen LogP contribution in [-0.2, 0) is 9.53 Å². The molecule has 1 rings (SSSR count). The molecule has 0 radical (unpaired) electrons. The second-order valence-corrected chi connectivity index (χ2v) is 3.29. The summed E-state index contributed by atoms with van der Waals surface area (Å²) in [5.74, 6) is 0.0921. The largest absolute Gasteiger partial charge is 0.469 e. The summed E-state index contributed by atoms with van der Waals surface area (Å²) in [6, 6.07) is 0.527. The number of methoxy groups -OCH3 is 1. The molecule has 1 saturated carbocycles. The van der Waals surface area contributed by atoms with Gasteiger partial charge in [0.1, 0.15) is 0 Å². The summed E-state index contributed by atoms with van der Waals surface area (Å²) in [7, 11) is 1.46. The lowest BCUT2D eigenvalue weighted by Crippen LogP contribution is -2.26. The maximum Gasteiger partial charge on any atom is 0.308 e. The summed E-state index contributed by atoms with van der Waals surface area (Å²) in [5.41, 5.74) is 0. The van der Waals surface area contributed by atoms with Crippen LogP contribution in [0.2, 0.25) is 0 Å². The molecule has 1 N–H and O–H groups in total. The second kappa shape index (κ2) is 4.45. The summed E-state index contributed by atoms with van der Waals surface area (Å²) in [4.78, 5) is 11.1. The van der Waals surface area contributed by atoms with Gasteiger partial charge in [-0.1, -0.05) is 6.92 Å². The molecule has 2 atom stereocenters. The molecule has 1 aliphatic rings. The van der Waals surface area contributed by atoms with E-state index in [1.54, 1.807) is 0 Å². The number of carbonyl (C=O) groups is 1. The smallest absolute Gasteiger partial charge is 0.308 e. The van der Waals surface area contributed by atoms with E-state index in [2.05, 4.69) is 12.2 Å². The minimum Gasteiger partial charge on any atom is -0.469 e. The summed E-state index contributed by atoms with van der Waals surface area (Å²) in [5, 5.41) is 3.35. The number of nitrogens with one attached hydrogen (secondary N) is 1. The average molecular weight is 171 g/mol. The van der Waals surface area contributed by atoms with Crippen molar-refractivity contribution in [3.63, 3.8) is 0 Å². The molecular weight excluding hydrogens is 154 g/mol. The van der Waals surface area contributed by atoms with Gasteiger partial charge in [0.25, 0.3) is 0 Å². The molecule has 12 heavy (non-hydrogen) atoms. The van der Waals surface area contributed by atoms with Crippen LogP contribution >= 0.6 is 0 Å². The molecule has 0 heterocycles. The minimum absolute atomic E-state index is 0.0459. The van der Waals surface area contributed by atoms with Crippen LogP contribution in [-0.4, -0.2) is 25.7 Å². The first-order valence-electron chi connectivity index (χ1n) is 4.59. The fourth-order valence-corrected chi connectivity index (χ4v) is 1.84. The van der Waals surface area contributed by atoms with E-state index in [-0.39, 0.29) is 11.9 Å². The van der Waals surface area contributed by atoms with Gasteiger partial charge in [-0.05, 0) is 25.8 Å². The van der Waals surface area contributed by atoms with Gasteiger partial charge in [0.15, 0.2) is 0 Å². The molecule has 70 valence electrons. The van der Waals surface area contributed by atoms with Crippen LogP contribution in [0.3, 0.4) is 0 Å². The third-order valence-electron chi connectivity index (χ3n) is 2.46. The van der Waals surface area contributed by atoms with Gasteiger partial charge in [0.05, 0.1) is 13.0 Å². The molecule has 0 aromatic carbocycles. The van der Waals surface area contributed by atoms with Crippen LogP contribution in [0, 0.1) is 5.92 Å². The molecular formula is C9H17NO2. The summed E-state index contributed by atoms with van der Waals surface area (Å²) >= 11 is 0. The van der Waals surface area contributed by atoms with Crippen molar-refractivity contribution in [2.24, 2.45) is 5.92 Å². The lowest BCUT2D eigenvalue weighted by molar-refractivity contribution is -0.145. The number of hydrogen-bond acceptors (Lipinski definition) is 3. The van der Waals surface area contributed by atoms with Crippen molar-refractivity contribution < 1.29 is 9.53 Å². The quantitative estimate of drug-likeness (QED) is 0.642. The zero-order valence-corrected chi connectivity index (χ0v) is 7.80. The molecule has 0 aromatic heterocycles. The van der Waals surface area contributed by atoms with Crippen LogP contribution in [0.25, 0.3) is 0 Å². The van der Waals surface area contributed by atoms with Gasteiger partial charge < -0.3 is 10.1 Å². The zero-order valence-electron chi connectivity index (χ0n) is 7.80. The number of ether oxygens (including phenoxy) is 1. The number of hydrogen-bond donors (Lipinski definition) is 1. The molecule has 0 unspecified atom stereocenters. The van der Waals surface area contributed by atoms with E-state index < -0.39 is 0 Å². The van der Waals surface area contributed by atoms with E-state index in [9.17, 15) is 4.79 Å². The summed E-state index contributed by atoms with van der Waals surface area (Å²) < 4.78 is 4.69. The fourth-order valence-electron chi connectivity index (χ4n) is 1.84. The third kappa shape index (κ3) is 2.21. The van der Waals surface area contributed by atoms with Gasteiger partial charge >= 0.3 is 5.97 Å². The van der Waals surface area contributed by atoms with Crippen LogP contribution in [0.4, 0.5) is 0 Å². The Morgan fingerprint density at radius 3 is 2.92 bits per heavy atom. The molecule has 0 aromatic rings. The first-order valence-corrected chi connectivity index (χ1v) is 4.59. The van der Waals surface area contributed by atoms with E-state index in [0.717, 1.165) is 25.8 Å². The Morgan fingerprint density at radius 2 is 2.33 bits per heavy atom. The van der Waals surface area contributed by atoms with E-state index in [1.807, 2.05) is 0 Å². The molecule has 0 spiro atoms. The Morgan fingerprint density at radius 1 is 1.58 bits per heavy atom. The monoisotopic (exact) mass is 171 g/mol. The highest BCUT2D eigenvalue weighted by Crippen LogP contribution is 2.26. The van der Waals surface area contributed by atoms with Gasteiger partial charge in [0, 0.05) is 6.04 Å². The number of rotatable bonds is 3. The Bertz CT molecular complexity index is 159. The number of carbonyl (C=O) groups excluding carboxylic acids is 1. The van der Waals surface area contributed by atoms with Gasteiger partial charge in [-0.15, -0.1) is 0 Å². The highest BCUT2D eigenvalue weighted by Gasteiger charge is 2.29. The third-order valence-corrected chi connectivity index (χ3v) is 2.46. The maximum absolute atomic E-state index is 11.1. The molecule has 0 aliphatic heterocycles. The zero-order chi connectivity index (χ0) is 8.97. The van der Waals surface area contributed by atoms with Gasteiger partial charge in [-0.2, -0.15) is 0 Å². The van der Waals surface area contributed by atoms with Crippen LogP contribution < -0.4 is 5.32 Å². The van der Waals surface area contributed by atoms with E-state index in [0.29, 0.717) is 6.04 Å². The minimum atomic E-state index is -0.0459.